The zero-order valence-corrected chi connectivity index (χ0v) is 19.2. The normalized spacial score (nSPS) is 19.1. The van der Waals surface area contributed by atoms with E-state index in [0.29, 0.717) is 22.6 Å². The predicted octanol–water partition coefficient (Wildman–Crippen LogP) is 6.16. The van der Waals surface area contributed by atoms with Gasteiger partial charge in [-0.25, -0.2) is 4.39 Å². The standard InChI is InChI=1S/C25H35FN2O2/c1-9-12-14-23(26)18(4)17-22-24(13-10-2)27(7)20(6)28(25(22)29)19(5)15-16-21(11-3)30-8/h9,11-12,14-16,20H,1,5,10,13,17H2,2-4,6-8H3/b14-12-,16-15-,21-11+,23-18-. The van der Waals surface area contributed by atoms with Gasteiger partial charge >= 0.3 is 0 Å². The van der Waals surface area contributed by atoms with Crippen molar-refractivity contribution in [3.8, 4) is 0 Å². The van der Waals surface area contributed by atoms with Crippen LogP contribution in [0.4, 0.5) is 4.39 Å². The SMILES string of the molecule is C=C/C=C\C(F)=C(/C)CC1=C(CCC)N(C)C(C)N(C(=C)/C=C\C(=C/C)OC)C1=O. The van der Waals surface area contributed by atoms with Gasteiger partial charge < -0.3 is 9.64 Å². The molecule has 0 saturated heterocycles. The molecule has 0 aromatic rings. The van der Waals surface area contributed by atoms with Gasteiger partial charge in [0.05, 0.1) is 7.11 Å². The fourth-order valence-corrected chi connectivity index (χ4v) is 3.35. The molecule has 0 bridgehead atoms. The summed E-state index contributed by atoms with van der Waals surface area (Å²) in [5.74, 6) is 0.187. The van der Waals surface area contributed by atoms with Crippen molar-refractivity contribution >= 4 is 5.91 Å². The number of rotatable bonds is 10. The second-order valence-electron chi connectivity index (χ2n) is 7.21. The molecule has 1 unspecified atom stereocenters. The maximum absolute atomic E-state index is 14.4. The van der Waals surface area contributed by atoms with Crippen LogP contribution in [0.5, 0.6) is 0 Å². The Labute approximate surface area is 181 Å². The Balaban J connectivity index is 3.38. The van der Waals surface area contributed by atoms with Crippen LogP contribution >= 0.6 is 0 Å². The smallest absolute Gasteiger partial charge is 0.257 e. The molecule has 0 aromatic heterocycles. The number of methoxy groups -OCH3 is 1. The second-order valence-corrected chi connectivity index (χ2v) is 7.21. The van der Waals surface area contributed by atoms with E-state index < -0.39 is 0 Å². The summed E-state index contributed by atoms with van der Waals surface area (Å²) in [7, 11) is 3.55. The van der Waals surface area contributed by atoms with E-state index in [1.807, 2.05) is 27.0 Å². The first-order chi connectivity index (χ1) is 14.2. The number of allylic oxidation sites excluding steroid dienone is 9. The van der Waals surface area contributed by atoms with Gasteiger partial charge in [0.1, 0.15) is 17.8 Å². The van der Waals surface area contributed by atoms with Gasteiger partial charge in [-0.2, -0.15) is 0 Å². The number of halogens is 1. The van der Waals surface area contributed by atoms with Crippen LogP contribution in [0, 0.1) is 0 Å². The highest BCUT2D eigenvalue weighted by Gasteiger charge is 2.35. The third kappa shape index (κ3) is 6.09. The molecule has 164 valence electrons. The van der Waals surface area contributed by atoms with E-state index in [0.717, 1.165) is 18.5 Å². The lowest BCUT2D eigenvalue weighted by Crippen LogP contribution is -2.51. The predicted molar refractivity (Wildman–Crippen MR) is 123 cm³/mol. The molecule has 1 aliphatic rings. The molecule has 0 N–H and O–H groups in total. The average molecular weight is 415 g/mol. The molecule has 4 nitrogen and oxygen atoms in total. The fraction of sp³-hybridized carbons (Fsp3) is 0.400. The zero-order valence-electron chi connectivity index (χ0n) is 19.2. The molecule has 0 radical (unpaired) electrons. The Kier molecular flexibility index (Phi) is 10.1. The van der Waals surface area contributed by atoms with Crippen LogP contribution in [0.2, 0.25) is 0 Å². The van der Waals surface area contributed by atoms with E-state index in [1.165, 1.54) is 12.2 Å². The van der Waals surface area contributed by atoms with Crippen LogP contribution in [0.25, 0.3) is 0 Å². The molecule has 0 aromatic carbocycles. The zero-order chi connectivity index (χ0) is 22.8. The highest BCUT2D eigenvalue weighted by atomic mass is 19.1. The molecule has 0 saturated carbocycles. The summed E-state index contributed by atoms with van der Waals surface area (Å²) < 4.78 is 19.7. The van der Waals surface area contributed by atoms with Crippen LogP contribution in [0.15, 0.2) is 83.7 Å². The lowest BCUT2D eigenvalue weighted by molar-refractivity contribution is -0.131. The number of ether oxygens (including phenoxy) is 1. The average Bonchev–Trinajstić information content (AvgIpc) is 2.73. The molecule has 5 heteroatoms. The molecule has 1 heterocycles. The van der Waals surface area contributed by atoms with Crippen molar-refractivity contribution < 1.29 is 13.9 Å². The second kappa shape index (κ2) is 12.0. The topological polar surface area (TPSA) is 32.8 Å². The number of hydrogen-bond donors (Lipinski definition) is 0. The summed E-state index contributed by atoms with van der Waals surface area (Å²) >= 11 is 0. The molecule has 30 heavy (non-hydrogen) atoms. The Bertz CT molecular complexity index is 815. The van der Waals surface area contributed by atoms with Crippen LogP contribution in [-0.2, 0) is 9.53 Å². The molecule has 1 atom stereocenters. The van der Waals surface area contributed by atoms with Gasteiger partial charge in [0.25, 0.3) is 5.91 Å². The van der Waals surface area contributed by atoms with E-state index in [1.54, 1.807) is 37.2 Å². The highest BCUT2D eigenvalue weighted by molar-refractivity contribution is 5.97. The van der Waals surface area contributed by atoms with Crippen molar-refractivity contribution in [2.75, 3.05) is 14.2 Å². The highest BCUT2D eigenvalue weighted by Crippen LogP contribution is 2.33. The molecule has 0 aliphatic carbocycles. The minimum atomic E-state index is -0.351. The largest absolute Gasteiger partial charge is 0.497 e. The fourth-order valence-electron chi connectivity index (χ4n) is 3.35. The van der Waals surface area contributed by atoms with Crippen molar-refractivity contribution in [1.29, 1.82) is 0 Å². The van der Waals surface area contributed by atoms with Gasteiger partial charge in [-0.15, -0.1) is 0 Å². The lowest BCUT2D eigenvalue weighted by atomic mass is 9.96. The summed E-state index contributed by atoms with van der Waals surface area (Å²) in [5, 5.41) is 0. The third-order valence-electron chi connectivity index (χ3n) is 5.17. The quantitative estimate of drug-likeness (QED) is 0.317. The third-order valence-corrected chi connectivity index (χ3v) is 5.17. The first kappa shape index (κ1) is 25.2. The number of hydrogen-bond acceptors (Lipinski definition) is 3. The Morgan fingerprint density at radius 2 is 1.97 bits per heavy atom. The van der Waals surface area contributed by atoms with E-state index in [4.69, 9.17) is 4.74 Å². The summed E-state index contributed by atoms with van der Waals surface area (Å²) in [6.45, 7) is 15.3. The van der Waals surface area contributed by atoms with Crippen molar-refractivity contribution in [1.82, 2.24) is 9.80 Å². The number of carbonyl (C=O) groups excluding carboxylic acids is 1. The van der Waals surface area contributed by atoms with Gasteiger partial charge in [-0.1, -0.05) is 38.7 Å². The van der Waals surface area contributed by atoms with Crippen molar-refractivity contribution in [2.45, 2.75) is 53.1 Å². The monoisotopic (exact) mass is 414 g/mol. The van der Waals surface area contributed by atoms with Gasteiger partial charge in [0.2, 0.25) is 0 Å². The Morgan fingerprint density at radius 1 is 1.30 bits per heavy atom. The Morgan fingerprint density at radius 3 is 2.50 bits per heavy atom. The van der Waals surface area contributed by atoms with Crippen LogP contribution in [-0.4, -0.2) is 36.0 Å². The number of amides is 1. The van der Waals surface area contributed by atoms with Crippen LogP contribution in [0.3, 0.4) is 0 Å². The van der Waals surface area contributed by atoms with Crippen LogP contribution in [0.1, 0.15) is 47.0 Å². The summed E-state index contributed by atoms with van der Waals surface area (Å²) in [4.78, 5) is 17.2. The molecule has 1 amide bonds. The lowest BCUT2D eigenvalue weighted by Gasteiger charge is -2.44. The van der Waals surface area contributed by atoms with Gasteiger partial charge in [-0.3, -0.25) is 9.69 Å². The summed E-state index contributed by atoms with van der Waals surface area (Å²) in [5.41, 5.74) is 2.61. The number of nitrogens with zero attached hydrogens (tertiary/aromatic N) is 2. The molecule has 1 rings (SSSR count). The maximum atomic E-state index is 14.4. The molecular weight excluding hydrogens is 379 g/mol. The number of carbonyl (C=O) groups is 1. The van der Waals surface area contributed by atoms with Crippen molar-refractivity contribution in [3.63, 3.8) is 0 Å². The minimum Gasteiger partial charge on any atom is -0.497 e. The van der Waals surface area contributed by atoms with Crippen LogP contribution < -0.4 is 0 Å². The van der Waals surface area contributed by atoms with Gasteiger partial charge in [-0.05, 0) is 57.1 Å². The molecule has 1 aliphatic heterocycles. The summed E-state index contributed by atoms with van der Waals surface area (Å²) in [6.07, 6.45) is 11.5. The van der Waals surface area contributed by atoms with Crippen molar-refractivity contribution in [2.24, 2.45) is 0 Å². The van der Waals surface area contributed by atoms with E-state index in [-0.39, 0.29) is 24.3 Å². The molecule has 0 spiro atoms. The maximum Gasteiger partial charge on any atom is 0.257 e. The van der Waals surface area contributed by atoms with E-state index >= 15 is 0 Å². The first-order valence-corrected chi connectivity index (χ1v) is 10.2. The minimum absolute atomic E-state index is 0.141. The Hall–Kier alpha value is -2.82. The van der Waals surface area contributed by atoms with E-state index in [2.05, 4.69) is 25.0 Å². The molecular formula is C25H35FN2O2. The molecule has 0 fully saturated rings. The van der Waals surface area contributed by atoms with E-state index in [9.17, 15) is 9.18 Å². The van der Waals surface area contributed by atoms with Crippen molar-refractivity contribution in [3.05, 3.63) is 83.7 Å². The van der Waals surface area contributed by atoms with Gasteiger partial charge in [0.15, 0.2) is 0 Å². The first-order valence-electron chi connectivity index (χ1n) is 10.2. The summed E-state index contributed by atoms with van der Waals surface area (Å²) in [6, 6.07) is 0. The van der Waals surface area contributed by atoms with Gasteiger partial charge in [0, 0.05) is 30.4 Å².